The first-order valence-electron chi connectivity index (χ1n) is 7.49. The third-order valence-corrected chi connectivity index (χ3v) is 4.15. The number of hydrogen-bond acceptors (Lipinski definition) is 2. The molecule has 1 aromatic rings. The predicted molar refractivity (Wildman–Crippen MR) is 75.6 cm³/mol. The van der Waals surface area contributed by atoms with Crippen LogP contribution in [0, 0.1) is 5.92 Å². The first-order chi connectivity index (χ1) is 8.78. The summed E-state index contributed by atoms with van der Waals surface area (Å²) in [6.07, 6.45) is 13.6. The van der Waals surface area contributed by atoms with Gasteiger partial charge in [0.25, 0.3) is 0 Å². The van der Waals surface area contributed by atoms with Gasteiger partial charge in [0.2, 0.25) is 0 Å². The van der Waals surface area contributed by atoms with Crippen molar-refractivity contribution in [2.24, 2.45) is 13.0 Å². The second kappa shape index (κ2) is 6.93. The fourth-order valence-electron chi connectivity index (χ4n) is 3.09. The Labute approximate surface area is 111 Å². The normalized spacial score (nSPS) is 24.3. The molecule has 0 spiro atoms. The average Bonchev–Trinajstić information content (AvgIpc) is 2.78. The SMILES string of the molecule is CCCC1CCC(NCCc2cnn(C)c2)CC1. The van der Waals surface area contributed by atoms with Gasteiger partial charge in [-0.05, 0) is 50.1 Å². The van der Waals surface area contributed by atoms with Gasteiger partial charge >= 0.3 is 0 Å². The topological polar surface area (TPSA) is 29.9 Å². The molecule has 0 bridgehead atoms. The maximum atomic E-state index is 4.20. The highest BCUT2D eigenvalue weighted by Crippen LogP contribution is 2.27. The zero-order valence-electron chi connectivity index (χ0n) is 11.9. The van der Waals surface area contributed by atoms with Crippen molar-refractivity contribution in [1.29, 1.82) is 0 Å². The van der Waals surface area contributed by atoms with Gasteiger partial charge in [0, 0.05) is 19.3 Å². The van der Waals surface area contributed by atoms with E-state index in [1.54, 1.807) is 0 Å². The van der Waals surface area contributed by atoms with E-state index in [1.165, 1.54) is 44.1 Å². The molecular formula is C15H27N3. The van der Waals surface area contributed by atoms with E-state index in [1.807, 2.05) is 17.9 Å². The average molecular weight is 249 g/mol. The van der Waals surface area contributed by atoms with Crippen molar-refractivity contribution < 1.29 is 0 Å². The molecule has 0 amide bonds. The van der Waals surface area contributed by atoms with Gasteiger partial charge < -0.3 is 5.32 Å². The number of nitrogens with zero attached hydrogens (tertiary/aromatic N) is 2. The lowest BCUT2D eigenvalue weighted by atomic mass is 9.83. The molecule has 1 aromatic heterocycles. The van der Waals surface area contributed by atoms with Crippen LogP contribution in [0.5, 0.6) is 0 Å². The molecule has 1 aliphatic carbocycles. The van der Waals surface area contributed by atoms with Crippen molar-refractivity contribution in [1.82, 2.24) is 15.1 Å². The summed E-state index contributed by atoms with van der Waals surface area (Å²) in [7, 11) is 1.98. The molecule has 3 heteroatoms. The van der Waals surface area contributed by atoms with Crippen LogP contribution in [0.1, 0.15) is 51.0 Å². The van der Waals surface area contributed by atoms with Crippen LogP contribution in [0.3, 0.4) is 0 Å². The van der Waals surface area contributed by atoms with Gasteiger partial charge in [0.1, 0.15) is 0 Å². The van der Waals surface area contributed by atoms with Crippen molar-refractivity contribution in [3.63, 3.8) is 0 Å². The number of rotatable bonds is 6. The van der Waals surface area contributed by atoms with Crippen LogP contribution in [0.25, 0.3) is 0 Å². The molecule has 1 saturated carbocycles. The molecule has 102 valence electrons. The molecule has 0 unspecified atom stereocenters. The molecule has 18 heavy (non-hydrogen) atoms. The Morgan fingerprint density at radius 3 is 2.72 bits per heavy atom. The molecule has 0 saturated heterocycles. The fourth-order valence-corrected chi connectivity index (χ4v) is 3.09. The van der Waals surface area contributed by atoms with E-state index in [4.69, 9.17) is 0 Å². The zero-order valence-corrected chi connectivity index (χ0v) is 11.9. The van der Waals surface area contributed by atoms with E-state index >= 15 is 0 Å². The van der Waals surface area contributed by atoms with E-state index in [2.05, 4.69) is 23.5 Å². The maximum absolute atomic E-state index is 4.20. The molecule has 3 nitrogen and oxygen atoms in total. The molecule has 1 N–H and O–H groups in total. The molecule has 1 fully saturated rings. The van der Waals surface area contributed by atoms with Gasteiger partial charge in [0.05, 0.1) is 6.20 Å². The smallest absolute Gasteiger partial charge is 0.0522 e. The second-order valence-electron chi connectivity index (χ2n) is 5.73. The Morgan fingerprint density at radius 1 is 1.33 bits per heavy atom. The quantitative estimate of drug-likeness (QED) is 0.840. The highest BCUT2D eigenvalue weighted by molar-refractivity contribution is 5.03. The summed E-state index contributed by atoms with van der Waals surface area (Å²) in [5.74, 6) is 1.01. The lowest BCUT2D eigenvalue weighted by Crippen LogP contribution is -2.34. The zero-order chi connectivity index (χ0) is 12.8. The highest BCUT2D eigenvalue weighted by atomic mass is 15.2. The van der Waals surface area contributed by atoms with Crippen LogP contribution >= 0.6 is 0 Å². The van der Waals surface area contributed by atoms with Crippen molar-refractivity contribution in [3.8, 4) is 0 Å². The Bertz CT molecular complexity index is 337. The third-order valence-electron chi connectivity index (χ3n) is 4.15. The van der Waals surface area contributed by atoms with E-state index < -0.39 is 0 Å². The summed E-state index contributed by atoms with van der Waals surface area (Å²) in [5.41, 5.74) is 1.34. The molecular weight excluding hydrogens is 222 g/mol. The van der Waals surface area contributed by atoms with Crippen LogP contribution in [0.15, 0.2) is 12.4 Å². The summed E-state index contributed by atoms with van der Waals surface area (Å²) in [6.45, 7) is 3.40. The van der Waals surface area contributed by atoms with Gasteiger partial charge in [-0.3, -0.25) is 4.68 Å². The largest absolute Gasteiger partial charge is 0.314 e. The Kier molecular flexibility index (Phi) is 5.24. The Balaban J connectivity index is 1.60. The molecule has 1 aliphatic rings. The lowest BCUT2D eigenvalue weighted by Gasteiger charge is -2.29. The maximum Gasteiger partial charge on any atom is 0.0522 e. The summed E-state index contributed by atoms with van der Waals surface area (Å²) in [6, 6.07) is 0.759. The summed E-state index contributed by atoms with van der Waals surface area (Å²) in [4.78, 5) is 0. The summed E-state index contributed by atoms with van der Waals surface area (Å²) in [5, 5.41) is 7.91. The number of aryl methyl sites for hydroxylation is 1. The highest BCUT2D eigenvalue weighted by Gasteiger charge is 2.19. The minimum atomic E-state index is 0.759. The van der Waals surface area contributed by atoms with Gasteiger partial charge in [0.15, 0.2) is 0 Å². The first-order valence-corrected chi connectivity index (χ1v) is 7.49. The van der Waals surface area contributed by atoms with Crippen LogP contribution in [0.4, 0.5) is 0 Å². The van der Waals surface area contributed by atoms with Crippen molar-refractivity contribution in [3.05, 3.63) is 18.0 Å². The van der Waals surface area contributed by atoms with Crippen LogP contribution in [-0.4, -0.2) is 22.4 Å². The molecule has 2 rings (SSSR count). The Morgan fingerprint density at radius 2 is 2.11 bits per heavy atom. The molecule has 0 aromatic carbocycles. The lowest BCUT2D eigenvalue weighted by molar-refractivity contribution is 0.279. The fraction of sp³-hybridized carbons (Fsp3) is 0.800. The molecule has 0 radical (unpaired) electrons. The molecule has 0 atom stereocenters. The number of aromatic nitrogens is 2. The Hall–Kier alpha value is -0.830. The van der Waals surface area contributed by atoms with Gasteiger partial charge in [-0.25, -0.2) is 0 Å². The summed E-state index contributed by atoms with van der Waals surface area (Å²) >= 11 is 0. The van der Waals surface area contributed by atoms with Crippen molar-refractivity contribution in [2.45, 2.75) is 57.9 Å². The first kappa shape index (κ1) is 13.6. The van der Waals surface area contributed by atoms with Gasteiger partial charge in [-0.1, -0.05) is 19.8 Å². The van der Waals surface area contributed by atoms with E-state index in [0.717, 1.165) is 24.9 Å². The van der Waals surface area contributed by atoms with E-state index in [9.17, 15) is 0 Å². The monoisotopic (exact) mass is 249 g/mol. The minimum absolute atomic E-state index is 0.759. The summed E-state index contributed by atoms with van der Waals surface area (Å²) < 4.78 is 1.88. The van der Waals surface area contributed by atoms with Crippen LogP contribution in [-0.2, 0) is 13.5 Å². The predicted octanol–water partition coefficient (Wildman–Crippen LogP) is 2.91. The van der Waals surface area contributed by atoms with E-state index in [0.29, 0.717) is 0 Å². The minimum Gasteiger partial charge on any atom is -0.314 e. The third kappa shape index (κ3) is 4.13. The van der Waals surface area contributed by atoms with Crippen molar-refractivity contribution >= 4 is 0 Å². The second-order valence-corrected chi connectivity index (χ2v) is 5.73. The van der Waals surface area contributed by atoms with E-state index in [-0.39, 0.29) is 0 Å². The molecule has 0 aliphatic heterocycles. The standard InChI is InChI=1S/C15H27N3/c1-3-4-13-5-7-15(8-6-13)16-10-9-14-11-17-18(2)12-14/h11-13,15-16H,3-10H2,1-2H3. The van der Waals surface area contributed by atoms with Gasteiger partial charge in [-0.2, -0.15) is 5.10 Å². The van der Waals surface area contributed by atoms with Crippen molar-refractivity contribution in [2.75, 3.05) is 6.54 Å². The number of nitrogens with one attached hydrogen (secondary N) is 1. The van der Waals surface area contributed by atoms with Crippen LogP contribution < -0.4 is 5.32 Å². The van der Waals surface area contributed by atoms with Crippen LogP contribution in [0.2, 0.25) is 0 Å². The number of hydrogen-bond donors (Lipinski definition) is 1. The molecule has 1 heterocycles. The van der Waals surface area contributed by atoms with Gasteiger partial charge in [-0.15, -0.1) is 0 Å².